The lowest BCUT2D eigenvalue weighted by molar-refractivity contribution is 0.0897. The molecular formula is C14H24N4. The van der Waals surface area contributed by atoms with E-state index in [4.69, 9.17) is 5.73 Å². The molecule has 2 N–H and O–H groups in total. The van der Waals surface area contributed by atoms with E-state index >= 15 is 0 Å². The zero-order valence-corrected chi connectivity index (χ0v) is 11.4. The van der Waals surface area contributed by atoms with Gasteiger partial charge in [0.1, 0.15) is 0 Å². The summed E-state index contributed by atoms with van der Waals surface area (Å²) >= 11 is 0. The molecule has 0 bridgehead atoms. The minimum absolute atomic E-state index is 0.127. The van der Waals surface area contributed by atoms with E-state index in [1.54, 1.807) is 0 Å². The zero-order valence-electron chi connectivity index (χ0n) is 11.4. The third kappa shape index (κ3) is 3.07. The molecule has 0 spiro atoms. The van der Waals surface area contributed by atoms with Gasteiger partial charge in [-0.1, -0.05) is 13.0 Å². The summed E-state index contributed by atoms with van der Waals surface area (Å²) in [4.78, 5) is 9.20. The summed E-state index contributed by atoms with van der Waals surface area (Å²) in [5, 5.41) is 0. The summed E-state index contributed by atoms with van der Waals surface area (Å²) in [7, 11) is 0. The van der Waals surface area contributed by atoms with Crippen molar-refractivity contribution >= 4 is 0 Å². The fraction of sp³-hybridized carbons (Fsp3) is 0.643. The van der Waals surface area contributed by atoms with E-state index in [0.717, 1.165) is 32.7 Å². The van der Waals surface area contributed by atoms with Crippen molar-refractivity contribution in [2.24, 2.45) is 5.73 Å². The molecule has 2 heterocycles. The number of likely N-dealkylation sites (N-methyl/N-ethyl adjacent to an activating group) is 1. The lowest BCUT2D eigenvalue weighted by Gasteiger charge is -2.40. The van der Waals surface area contributed by atoms with Gasteiger partial charge in [0.05, 0.1) is 6.04 Å². The number of nitrogens with zero attached hydrogens (tertiary/aromatic N) is 3. The molecule has 4 nitrogen and oxygen atoms in total. The molecule has 0 amide bonds. The van der Waals surface area contributed by atoms with Gasteiger partial charge in [-0.05, 0) is 25.1 Å². The molecule has 0 radical (unpaired) electrons. The van der Waals surface area contributed by atoms with Gasteiger partial charge in [-0.2, -0.15) is 0 Å². The van der Waals surface area contributed by atoms with E-state index in [1.807, 2.05) is 18.5 Å². The number of hydrogen-bond acceptors (Lipinski definition) is 4. The van der Waals surface area contributed by atoms with Crippen LogP contribution in [0.25, 0.3) is 0 Å². The van der Waals surface area contributed by atoms with Crippen molar-refractivity contribution in [2.75, 3.05) is 32.7 Å². The molecule has 1 aliphatic rings. The largest absolute Gasteiger partial charge is 0.326 e. The first-order valence-electron chi connectivity index (χ1n) is 6.84. The van der Waals surface area contributed by atoms with E-state index in [-0.39, 0.29) is 12.1 Å². The number of rotatable bonds is 4. The Morgan fingerprint density at radius 3 is 2.56 bits per heavy atom. The second-order valence-electron chi connectivity index (χ2n) is 5.06. The standard InChI is InChI=1S/C14H24N4/c1-3-17-7-9-18(10-8-17)14(12(2)15)13-5-4-6-16-11-13/h4-6,11-12,14H,3,7-10,15H2,1-2H3. The van der Waals surface area contributed by atoms with E-state index < -0.39 is 0 Å². The Hall–Kier alpha value is -0.970. The van der Waals surface area contributed by atoms with Gasteiger partial charge in [0.25, 0.3) is 0 Å². The highest BCUT2D eigenvalue weighted by molar-refractivity contribution is 5.16. The topological polar surface area (TPSA) is 45.4 Å². The Labute approximate surface area is 110 Å². The molecule has 2 unspecified atom stereocenters. The van der Waals surface area contributed by atoms with Gasteiger partial charge in [0.15, 0.2) is 0 Å². The quantitative estimate of drug-likeness (QED) is 0.867. The average molecular weight is 248 g/mol. The highest BCUT2D eigenvalue weighted by Gasteiger charge is 2.27. The van der Waals surface area contributed by atoms with E-state index in [2.05, 4.69) is 34.7 Å². The van der Waals surface area contributed by atoms with E-state index in [1.165, 1.54) is 5.56 Å². The van der Waals surface area contributed by atoms with Gasteiger partial charge in [-0.25, -0.2) is 0 Å². The molecule has 1 saturated heterocycles. The van der Waals surface area contributed by atoms with Crippen LogP contribution in [0.1, 0.15) is 25.5 Å². The smallest absolute Gasteiger partial charge is 0.0512 e. The number of aromatic nitrogens is 1. The molecule has 1 aromatic heterocycles. The summed E-state index contributed by atoms with van der Waals surface area (Å²) in [6, 6.07) is 4.54. The zero-order chi connectivity index (χ0) is 13.0. The summed E-state index contributed by atoms with van der Waals surface area (Å²) in [6.07, 6.45) is 3.76. The third-order valence-electron chi connectivity index (χ3n) is 3.77. The first-order chi connectivity index (χ1) is 8.72. The van der Waals surface area contributed by atoms with Gasteiger partial charge >= 0.3 is 0 Å². The van der Waals surface area contributed by atoms with Crippen LogP contribution in [0, 0.1) is 0 Å². The lowest BCUT2D eigenvalue weighted by Crippen LogP contribution is -2.50. The van der Waals surface area contributed by atoms with Gasteiger partial charge < -0.3 is 10.6 Å². The maximum Gasteiger partial charge on any atom is 0.0512 e. The molecule has 2 rings (SSSR count). The van der Waals surface area contributed by atoms with Crippen molar-refractivity contribution in [3.63, 3.8) is 0 Å². The molecule has 100 valence electrons. The summed E-state index contributed by atoms with van der Waals surface area (Å²) in [5.74, 6) is 0. The van der Waals surface area contributed by atoms with Crippen LogP contribution in [-0.4, -0.2) is 53.5 Å². The molecule has 0 aromatic carbocycles. The molecule has 2 atom stereocenters. The lowest BCUT2D eigenvalue weighted by atomic mass is 10.00. The summed E-state index contributed by atoms with van der Waals surface area (Å²) < 4.78 is 0. The second-order valence-corrected chi connectivity index (χ2v) is 5.06. The van der Waals surface area contributed by atoms with Crippen molar-refractivity contribution in [2.45, 2.75) is 25.9 Å². The van der Waals surface area contributed by atoms with Crippen LogP contribution in [0.2, 0.25) is 0 Å². The highest BCUT2D eigenvalue weighted by atomic mass is 15.3. The average Bonchev–Trinajstić information content (AvgIpc) is 2.40. The molecule has 4 heteroatoms. The van der Waals surface area contributed by atoms with Crippen LogP contribution in [0.5, 0.6) is 0 Å². The van der Waals surface area contributed by atoms with Crippen LogP contribution in [-0.2, 0) is 0 Å². The van der Waals surface area contributed by atoms with Crippen LogP contribution in [0.4, 0.5) is 0 Å². The van der Waals surface area contributed by atoms with Crippen LogP contribution in [0.3, 0.4) is 0 Å². The monoisotopic (exact) mass is 248 g/mol. The summed E-state index contributed by atoms with van der Waals surface area (Å²) in [6.45, 7) is 9.91. The minimum atomic E-state index is 0.127. The Bertz CT molecular complexity index is 344. The number of piperazine rings is 1. The Morgan fingerprint density at radius 1 is 1.33 bits per heavy atom. The van der Waals surface area contributed by atoms with Crippen molar-refractivity contribution in [3.05, 3.63) is 30.1 Å². The predicted octanol–water partition coefficient (Wildman–Crippen LogP) is 1.11. The Balaban J connectivity index is 2.08. The maximum absolute atomic E-state index is 6.18. The van der Waals surface area contributed by atoms with Crippen LogP contribution in [0.15, 0.2) is 24.5 Å². The van der Waals surface area contributed by atoms with Crippen molar-refractivity contribution in [3.8, 4) is 0 Å². The van der Waals surface area contributed by atoms with Gasteiger partial charge in [-0.3, -0.25) is 9.88 Å². The molecule has 1 aromatic rings. The van der Waals surface area contributed by atoms with E-state index in [0.29, 0.717) is 0 Å². The molecule has 18 heavy (non-hydrogen) atoms. The predicted molar refractivity (Wildman–Crippen MR) is 74.3 cm³/mol. The first-order valence-corrected chi connectivity index (χ1v) is 6.84. The summed E-state index contributed by atoms with van der Waals surface area (Å²) in [5.41, 5.74) is 7.42. The fourth-order valence-corrected chi connectivity index (χ4v) is 2.76. The van der Waals surface area contributed by atoms with Gasteiger partial charge in [-0.15, -0.1) is 0 Å². The van der Waals surface area contributed by atoms with Crippen LogP contribution >= 0.6 is 0 Å². The van der Waals surface area contributed by atoms with Crippen molar-refractivity contribution in [1.82, 2.24) is 14.8 Å². The Kier molecular flexibility index (Phi) is 4.69. The van der Waals surface area contributed by atoms with Gasteiger partial charge in [0, 0.05) is 44.6 Å². The highest BCUT2D eigenvalue weighted by Crippen LogP contribution is 2.23. The fourth-order valence-electron chi connectivity index (χ4n) is 2.76. The number of pyridine rings is 1. The van der Waals surface area contributed by atoms with Crippen molar-refractivity contribution in [1.29, 1.82) is 0 Å². The molecule has 0 saturated carbocycles. The first kappa shape index (κ1) is 13.5. The van der Waals surface area contributed by atoms with Crippen LogP contribution < -0.4 is 5.73 Å². The second kappa shape index (κ2) is 6.27. The number of nitrogens with two attached hydrogens (primary N) is 1. The third-order valence-corrected chi connectivity index (χ3v) is 3.77. The number of hydrogen-bond donors (Lipinski definition) is 1. The molecule has 1 aliphatic heterocycles. The molecule has 0 aliphatic carbocycles. The van der Waals surface area contributed by atoms with Crippen molar-refractivity contribution < 1.29 is 0 Å². The molecular weight excluding hydrogens is 224 g/mol. The SMILES string of the molecule is CCN1CCN(C(c2cccnc2)C(C)N)CC1. The van der Waals surface area contributed by atoms with E-state index in [9.17, 15) is 0 Å². The maximum atomic E-state index is 6.18. The van der Waals surface area contributed by atoms with Gasteiger partial charge in [0.2, 0.25) is 0 Å². The normalized spacial score (nSPS) is 21.7. The minimum Gasteiger partial charge on any atom is -0.326 e. The molecule has 1 fully saturated rings. The Morgan fingerprint density at radius 2 is 2.06 bits per heavy atom.